The van der Waals surface area contributed by atoms with E-state index in [1.165, 1.54) is 20.3 Å². The smallest absolute Gasteiger partial charge is 0.251 e. The monoisotopic (exact) mass is 357 g/mol. The van der Waals surface area contributed by atoms with Crippen LogP contribution in [0.3, 0.4) is 0 Å². The average molecular weight is 357 g/mol. The molecule has 1 aromatic heterocycles. The second-order valence-corrected chi connectivity index (χ2v) is 5.28. The highest BCUT2D eigenvalue weighted by Crippen LogP contribution is 2.22. The lowest BCUT2D eigenvalue weighted by Crippen LogP contribution is -2.23. The molecule has 134 valence electrons. The fourth-order valence-corrected chi connectivity index (χ4v) is 2.28. The Morgan fingerprint density at radius 2 is 1.85 bits per heavy atom. The molecule has 3 aromatic rings. The Labute approximate surface area is 148 Å². The molecule has 1 amide bonds. The number of nitrogens with zero attached hydrogens (tertiary/aromatic N) is 2. The van der Waals surface area contributed by atoms with E-state index in [-0.39, 0.29) is 29.7 Å². The molecular formula is C18H16FN3O4. The number of halogens is 1. The average Bonchev–Trinajstić information content (AvgIpc) is 3.14. The van der Waals surface area contributed by atoms with E-state index in [9.17, 15) is 9.18 Å². The summed E-state index contributed by atoms with van der Waals surface area (Å²) in [4.78, 5) is 16.4. The highest BCUT2D eigenvalue weighted by molar-refractivity contribution is 5.95. The predicted octanol–water partition coefficient (Wildman–Crippen LogP) is 2.82. The molecular weight excluding hydrogens is 341 g/mol. The van der Waals surface area contributed by atoms with Gasteiger partial charge in [0.05, 0.1) is 26.3 Å². The molecule has 1 N–H and O–H groups in total. The van der Waals surface area contributed by atoms with Crippen molar-refractivity contribution in [3.63, 3.8) is 0 Å². The van der Waals surface area contributed by atoms with Gasteiger partial charge in [-0.05, 0) is 24.3 Å². The normalized spacial score (nSPS) is 10.4. The molecule has 0 unspecified atom stereocenters. The lowest BCUT2D eigenvalue weighted by molar-refractivity contribution is 0.0945. The van der Waals surface area contributed by atoms with Crippen molar-refractivity contribution < 1.29 is 23.2 Å². The SMILES string of the molecule is COc1cc(OC)cc(C(=O)NCc2nc(-c3ccccc3F)no2)c1. The number of aromatic nitrogens is 2. The van der Waals surface area contributed by atoms with Crippen LogP contribution in [-0.2, 0) is 6.54 Å². The molecule has 8 heteroatoms. The quantitative estimate of drug-likeness (QED) is 0.730. The molecule has 2 aromatic carbocycles. The van der Waals surface area contributed by atoms with Gasteiger partial charge in [0, 0.05) is 11.6 Å². The van der Waals surface area contributed by atoms with Gasteiger partial charge in [-0.1, -0.05) is 17.3 Å². The number of carbonyl (C=O) groups is 1. The van der Waals surface area contributed by atoms with Crippen LogP contribution in [0.15, 0.2) is 47.0 Å². The second kappa shape index (κ2) is 7.64. The maximum absolute atomic E-state index is 13.7. The van der Waals surface area contributed by atoms with Crippen LogP contribution in [-0.4, -0.2) is 30.3 Å². The number of carbonyl (C=O) groups excluding carboxylic acids is 1. The zero-order valence-corrected chi connectivity index (χ0v) is 14.2. The van der Waals surface area contributed by atoms with E-state index in [0.29, 0.717) is 17.1 Å². The van der Waals surface area contributed by atoms with Gasteiger partial charge in [0.1, 0.15) is 17.3 Å². The summed E-state index contributed by atoms with van der Waals surface area (Å²) in [6.07, 6.45) is 0. The third-order valence-corrected chi connectivity index (χ3v) is 3.60. The first-order chi connectivity index (χ1) is 12.6. The third kappa shape index (κ3) is 3.80. The summed E-state index contributed by atoms with van der Waals surface area (Å²) in [7, 11) is 3.00. The Bertz CT molecular complexity index is 904. The van der Waals surface area contributed by atoms with Gasteiger partial charge >= 0.3 is 0 Å². The Morgan fingerprint density at radius 1 is 1.15 bits per heavy atom. The van der Waals surface area contributed by atoms with Gasteiger partial charge in [-0.15, -0.1) is 0 Å². The molecule has 0 radical (unpaired) electrons. The van der Waals surface area contributed by atoms with Gasteiger partial charge in [0.25, 0.3) is 5.91 Å². The van der Waals surface area contributed by atoms with Gasteiger partial charge in [-0.25, -0.2) is 4.39 Å². The summed E-state index contributed by atoms with van der Waals surface area (Å²) < 4.78 is 29.1. The van der Waals surface area contributed by atoms with Gasteiger partial charge in [0.15, 0.2) is 0 Å². The van der Waals surface area contributed by atoms with Crippen LogP contribution in [0.4, 0.5) is 4.39 Å². The molecule has 1 heterocycles. The molecule has 0 bridgehead atoms. The van der Waals surface area contributed by atoms with Crippen molar-refractivity contribution in [3.8, 4) is 22.9 Å². The van der Waals surface area contributed by atoms with E-state index >= 15 is 0 Å². The van der Waals surface area contributed by atoms with Crippen LogP contribution < -0.4 is 14.8 Å². The molecule has 26 heavy (non-hydrogen) atoms. The van der Waals surface area contributed by atoms with Crippen molar-refractivity contribution in [2.75, 3.05) is 14.2 Å². The summed E-state index contributed by atoms with van der Waals surface area (Å²) in [6, 6.07) is 10.9. The maximum Gasteiger partial charge on any atom is 0.251 e. The molecule has 0 saturated carbocycles. The van der Waals surface area contributed by atoms with E-state index in [2.05, 4.69) is 15.5 Å². The number of hydrogen-bond donors (Lipinski definition) is 1. The summed E-state index contributed by atoms with van der Waals surface area (Å²) in [5.41, 5.74) is 0.585. The molecule has 0 aliphatic heterocycles. The van der Waals surface area contributed by atoms with Crippen molar-refractivity contribution in [1.82, 2.24) is 15.5 Å². The number of benzene rings is 2. The van der Waals surface area contributed by atoms with Crippen LogP contribution in [0.5, 0.6) is 11.5 Å². The predicted molar refractivity (Wildman–Crippen MR) is 90.4 cm³/mol. The van der Waals surface area contributed by atoms with Crippen LogP contribution in [0.1, 0.15) is 16.2 Å². The van der Waals surface area contributed by atoms with Crippen LogP contribution in [0, 0.1) is 5.82 Å². The van der Waals surface area contributed by atoms with Crippen molar-refractivity contribution in [1.29, 1.82) is 0 Å². The van der Waals surface area contributed by atoms with E-state index < -0.39 is 5.82 Å². The minimum absolute atomic E-state index is 0.000187. The molecule has 3 rings (SSSR count). The Balaban J connectivity index is 1.70. The highest BCUT2D eigenvalue weighted by Gasteiger charge is 2.14. The molecule has 0 aliphatic rings. The van der Waals surface area contributed by atoms with Crippen molar-refractivity contribution in [3.05, 3.63) is 59.7 Å². The summed E-state index contributed by atoms with van der Waals surface area (Å²) in [5, 5.41) is 6.39. The number of methoxy groups -OCH3 is 2. The largest absolute Gasteiger partial charge is 0.497 e. The Hall–Kier alpha value is -3.42. The van der Waals surface area contributed by atoms with E-state index in [4.69, 9.17) is 14.0 Å². The maximum atomic E-state index is 13.7. The van der Waals surface area contributed by atoms with Gasteiger partial charge in [-0.3, -0.25) is 4.79 Å². The third-order valence-electron chi connectivity index (χ3n) is 3.60. The lowest BCUT2D eigenvalue weighted by Gasteiger charge is -2.08. The molecule has 0 atom stereocenters. The van der Waals surface area contributed by atoms with E-state index in [1.807, 2.05) is 0 Å². The Kier molecular flexibility index (Phi) is 5.12. The minimum Gasteiger partial charge on any atom is -0.497 e. The van der Waals surface area contributed by atoms with Crippen molar-refractivity contribution in [2.45, 2.75) is 6.54 Å². The molecule has 0 spiro atoms. The first kappa shape index (κ1) is 17.4. The van der Waals surface area contributed by atoms with Crippen molar-refractivity contribution in [2.24, 2.45) is 0 Å². The minimum atomic E-state index is -0.452. The number of amides is 1. The molecule has 0 fully saturated rings. The fourth-order valence-electron chi connectivity index (χ4n) is 2.28. The number of hydrogen-bond acceptors (Lipinski definition) is 6. The van der Waals surface area contributed by atoms with Crippen LogP contribution >= 0.6 is 0 Å². The Morgan fingerprint density at radius 3 is 2.50 bits per heavy atom. The zero-order valence-electron chi connectivity index (χ0n) is 14.2. The first-order valence-electron chi connectivity index (χ1n) is 7.69. The molecule has 0 aliphatic carbocycles. The van der Waals surface area contributed by atoms with Gasteiger partial charge in [-0.2, -0.15) is 4.98 Å². The standard InChI is InChI=1S/C18H16FN3O4/c1-24-12-7-11(8-13(9-12)25-2)18(23)20-10-16-21-17(22-26-16)14-5-3-4-6-15(14)19/h3-9H,10H2,1-2H3,(H,20,23). The summed E-state index contributed by atoms with van der Waals surface area (Å²) in [5.74, 6) is 0.449. The van der Waals surface area contributed by atoms with Gasteiger partial charge < -0.3 is 19.3 Å². The number of rotatable bonds is 6. The summed E-state index contributed by atoms with van der Waals surface area (Å²) >= 11 is 0. The highest BCUT2D eigenvalue weighted by atomic mass is 19.1. The van der Waals surface area contributed by atoms with Crippen molar-refractivity contribution >= 4 is 5.91 Å². The van der Waals surface area contributed by atoms with E-state index in [1.54, 1.807) is 36.4 Å². The number of nitrogens with one attached hydrogen (secondary N) is 1. The molecule has 7 nitrogen and oxygen atoms in total. The zero-order chi connectivity index (χ0) is 18.5. The summed E-state index contributed by atoms with van der Waals surface area (Å²) in [6.45, 7) is -0.000187. The van der Waals surface area contributed by atoms with Gasteiger partial charge in [0.2, 0.25) is 11.7 Å². The lowest BCUT2D eigenvalue weighted by atomic mass is 10.2. The van der Waals surface area contributed by atoms with Crippen LogP contribution in [0.2, 0.25) is 0 Å². The van der Waals surface area contributed by atoms with Crippen LogP contribution in [0.25, 0.3) is 11.4 Å². The van der Waals surface area contributed by atoms with E-state index in [0.717, 1.165) is 0 Å². The first-order valence-corrected chi connectivity index (χ1v) is 7.69. The second-order valence-electron chi connectivity index (χ2n) is 5.28. The fraction of sp³-hybridized carbons (Fsp3) is 0.167. The molecule has 0 saturated heterocycles. The topological polar surface area (TPSA) is 86.5 Å². The number of ether oxygens (including phenoxy) is 2.